The zero-order valence-corrected chi connectivity index (χ0v) is 10.3. The number of nitrogens with zero attached hydrogens (tertiary/aromatic N) is 3. The molecule has 4 nitrogen and oxygen atoms in total. The maximum atomic E-state index is 9.67. The van der Waals surface area contributed by atoms with E-state index in [9.17, 15) is 5.11 Å². The topological polar surface area (TPSA) is 49.2 Å². The highest BCUT2D eigenvalue weighted by atomic mass is 35.5. The number of aliphatic hydroxyl groups is 1. The Hall–Kier alpha value is -0.870. The van der Waals surface area contributed by atoms with Crippen LogP contribution in [0.1, 0.15) is 19.0 Å². The van der Waals surface area contributed by atoms with E-state index in [0.29, 0.717) is 0 Å². The van der Waals surface area contributed by atoms with Gasteiger partial charge in [-0.25, -0.2) is 9.97 Å². The van der Waals surface area contributed by atoms with Gasteiger partial charge in [-0.05, 0) is 30.9 Å². The Morgan fingerprint density at radius 1 is 1.50 bits per heavy atom. The third kappa shape index (κ3) is 2.44. The highest BCUT2D eigenvalue weighted by Gasteiger charge is 2.25. The second kappa shape index (κ2) is 4.55. The van der Waals surface area contributed by atoms with Crippen LogP contribution in [0.15, 0.2) is 6.07 Å². The van der Waals surface area contributed by atoms with E-state index >= 15 is 0 Å². The number of aromatic nitrogens is 2. The standard InChI is InChI=1S/C11H16ClN3O/c1-7-6-15(4-3-9(7)16)10-5-8(2)13-11(12)14-10/h5,7,9,16H,3-4,6H2,1-2H3. The lowest BCUT2D eigenvalue weighted by molar-refractivity contribution is 0.0969. The summed E-state index contributed by atoms with van der Waals surface area (Å²) in [5, 5.41) is 9.95. The van der Waals surface area contributed by atoms with Crippen LogP contribution in [-0.4, -0.2) is 34.3 Å². The molecule has 0 spiro atoms. The minimum atomic E-state index is -0.199. The summed E-state index contributed by atoms with van der Waals surface area (Å²) >= 11 is 5.84. The maximum absolute atomic E-state index is 9.67. The highest BCUT2D eigenvalue weighted by molar-refractivity contribution is 6.28. The molecular formula is C11H16ClN3O. The van der Waals surface area contributed by atoms with Crippen LogP contribution in [0.2, 0.25) is 5.28 Å². The molecule has 1 aromatic rings. The van der Waals surface area contributed by atoms with Crippen LogP contribution in [0, 0.1) is 12.8 Å². The molecule has 1 N–H and O–H groups in total. The van der Waals surface area contributed by atoms with Gasteiger partial charge in [-0.1, -0.05) is 6.92 Å². The summed E-state index contributed by atoms with van der Waals surface area (Å²) in [6, 6.07) is 1.93. The van der Waals surface area contributed by atoms with Crippen molar-refractivity contribution in [3.63, 3.8) is 0 Å². The highest BCUT2D eigenvalue weighted by Crippen LogP contribution is 2.22. The van der Waals surface area contributed by atoms with E-state index in [1.807, 2.05) is 19.9 Å². The molecule has 0 bridgehead atoms. The number of hydrogen-bond donors (Lipinski definition) is 1. The van der Waals surface area contributed by atoms with E-state index in [0.717, 1.165) is 31.0 Å². The van der Waals surface area contributed by atoms with Gasteiger partial charge in [0.05, 0.1) is 6.10 Å². The molecule has 2 heterocycles. The van der Waals surface area contributed by atoms with Gasteiger partial charge in [0.15, 0.2) is 0 Å². The van der Waals surface area contributed by atoms with Crippen molar-refractivity contribution < 1.29 is 5.11 Å². The van der Waals surface area contributed by atoms with Crippen LogP contribution in [0.4, 0.5) is 5.82 Å². The maximum Gasteiger partial charge on any atom is 0.224 e. The molecule has 2 atom stereocenters. The quantitative estimate of drug-likeness (QED) is 0.760. The Kier molecular flexibility index (Phi) is 3.30. The Morgan fingerprint density at radius 2 is 2.25 bits per heavy atom. The van der Waals surface area contributed by atoms with Crippen LogP contribution in [0.25, 0.3) is 0 Å². The largest absolute Gasteiger partial charge is 0.393 e. The number of rotatable bonds is 1. The minimum absolute atomic E-state index is 0.199. The predicted octanol–water partition coefficient (Wildman–Crippen LogP) is 1.65. The van der Waals surface area contributed by atoms with Gasteiger partial charge in [0.25, 0.3) is 0 Å². The third-order valence-corrected chi connectivity index (χ3v) is 3.17. The summed E-state index contributed by atoms with van der Waals surface area (Å²) in [4.78, 5) is 10.4. The normalized spacial score (nSPS) is 25.9. The van der Waals surface area contributed by atoms with Crippen molar-refractivity contribution >= 4 is 17.4 Å². The van der Waals surface area contributed by atoms with Crippen molar-refractivity contribution in [2.75, 3.05) is 18.0 Å². The van der Waals surface area contributed by atoms with E-state index < -0.39 is 0 Å². The molecule has 1 aliphatic heterocycles. The monoisotopic (exact) mass is 241 g/mol. The van der Waals surface area contributed by atoms with E-state index in [1.165, 1.54) is 0 Å². The number of piperidine rings is 1. The number of aliphatic hydroxyl groups excluding tert-OH is 1. The van der Waals surface area contributed by atoms with E-state index in [2.05, 4.69) is 14.9 Å². The molecule has 0 saturated carbocycles. The second-order valence-electron chi connectivity index (χ2n) is 4.42. The SMILES string of the molecule is Cc1cc(N2CCC(O)C(C)C2)nc(Cl)n1. The van der Waals surface area contributed by atoms with Gasteiger partial charge in [-0.3, -0.25) is 0 Å². The molecule has 2 unspecified atom stereocenters. The third-order valence-electron chi connectivity index (χ3n) is 3.00. The van der Waals surface area contributed by atoms with E-state index in [4.69, 9.17) is 11.6 Å². The first-order chi connectivity index (χ1) is 7.56. The van der Waals surface area contributed by atoms with Crippen molar-refractivity contribution in [3.8, 4) is 0 Å². The van der Waals surface area contributed by atoms with Crippen LogP contribution in [0.5, 0.6) is 0 Å². The molecule has 5 heteroatoms. The fourth-order valence-electron chi connectivity index (χ4n) is 2.02. The van der Waals surface area contributed by atoms with Crippen molar-refractivity contribution in [3.05, 3.63) is 17.0 Å². The average Bonchev–Trinajstić information content (AvgIpc) is 2.20. The van der Waals surface area contributed by atoms with Crippen LogP contribution in [0.3, 0.4) is 0 Å². The molecule has 1 saturated heterocycles. The molecule has 88 valence electrons. The molecule has 1 aromatic heterocycles. The number of anilines is 1. The fraction of sp³-hybridized carbons (Fsp3) is 0.636. The first-order valence-electron chi connectivity index (χ1n) is 5.50. The second-order valence-corrected chi connectivity index (χ2v) is 4.75. The average molecular weight is 242 g/mol. The van der Waals surface area contributed by atoms with Crippen molar-refractivity contribution in [1.29, 1.82) is 0 Å². The zero-order chi connectivity index (χ0) is 11.7. The van der Waals surface area contributed by atoms with Crippen LogP contribution < -0.4 is 4.90 Å². The number of hydrogen-bond acceptors (Lipinski definition) is 4. The predicted molar refractivity (Wildman–Crippen MR) is 63.8 cm³/mol. The van der Waals surface area contributed by atoms with Gasteiger partial charge in [-0.2, -0.15) is 0 Å². The Morgan fingerprint density at radius 3 is 2.88 bits per heavy atom. The summed E-state index contributed by atoms with van der Waals surface area (Å²) in [6.45, 7) is 5.58. The summed E-state index contributed by atoms with van der Waals surface area (Å²) < 4.78 is 0. The molecule has 2 rings (SSSR count). The Bertz CT molecular complexity index is 365. The number of aryl methyl sites for hydroxylation is 1. The van der Waals surface area contributed by atoms with Crippen molar-refractivity contribution in [2.45, 2.75) is 26.4 Å². The summed E-state index contributed by atoms with van der Waals surface area (Å²) in [6.07, 6.45) is 0.580. The summed E-state index contributed by atoms with van der Waals surface area (Å²) in [5.41, 5.74) is 0.869. The molecule has 0 amide bonds. The summed E-state index contributed by atoms with van der Waals surface area (Å²) in [7, 11) is 0. The van der Waals surface area contributed by atoms with Crippen LogP contribution in [-0.2, 0) is 0 Å². The minimum Gasteiger partial charge on any atom is -0.393 e. The van der Waals surface area contributed by atoms with E-state index in [1.54, 1.807) is 0 Å². The smallest absolute Gasteiger partial charge is 0.224 e. The molecule has 0 aliphatic carbocycles. The number of halogens is 1. The first kappa shape index (κ1) is 11.6. The van der Waals surface area contributed by atoms with Crippen LogP contribution >= 0.6 is 11.6 Å². The summed E-state index contributed by atoms with van der Waals surface area (Å²) in [5.74, 6) is 1.12. The van der Waals surface area contributed by atoms with Gasteiger partial charge < -0.3 is 10.0 Å². The lowest BCUT2D eigenvalue weighted by Crippen LogP contribution is -2.42. The lowest BCUT2D eigenvalue weighted by atomic mass is 9.97. The zero-order valence-electron chi connectivity index (χ0n) is 9.52. The molecule has 0 radical (unpaired) electrons. The van der Waals surface area contributed by atoms with Crippen molar-refractivity contribution in [1.82, 2.24) is 9.97 Å². The lowest BCUT2D eigenvalue weighted by Gasteiger charge is -2.35. The Balaban J connectivity index is 2.18. The molecular weight excluding hydrogens is 226 g/mol. The van der Waals surface area contributed by atoms with Gasteiger partial charge in [0, 0.05) is 24.8 Å². The van der Waals surface area contributed by atoms with Gasteiger partial charge in [0.1, 0.15) is 5.82 Å². The molecule has 1 fully saturated rings. The first-order valence-corrected chi connectivity index (χ1v) is 5.88. The van der Waals surface area contributed by atoms with Crippen molar-refractivity contribution in [2.24, 2.45) is 5.92 Å². The Labute approximate surface area is 100 Å². The van der Waals surface area contributed by atoms with Gasteiger partial charge in [0.2, 0.25) is 5.28 Å². The van der Waals surface area contributed by atoms with E-state index in [-0.39, 0.29) is 17.3 Å². The van der Waals surface area contributed by atoms with Gasteiger partial charge in [-0.15, -0.1) is 0 Å². The van der Waals surface area contributed by atoms with Gasteiger partial charge >= 0.3 is 0 Å². The molecule has 1 aliphatic rings. The molecule has 0 aromatic carbocycles. The molecule has 16 heavy (non-hydrogen) atoms. The fourth-order valence-corrected chi connectivity index (χ4v) is 2.24.